The van der Waals surface area contributed by atoms with Crippen molar-refractivity contribution in [1.82, 2.24) is 19.3 Å². The highest BCUT2D eigenvalue weighted by Gasteiger charge is 2.35. The Morgan fingerprint density at radius 1 is 1.17 bits per heavy atom. The van der Waals surface area contributed by atoms with Crippen LogP contribution in [-0.4, -0.2) is 24.4 Å². The predicted octanol–water partition coefficient (Wildman–Crippen LogP) is 4.10. The molecule has 0 spiro atoms. The number of fused-ring (bicyclic) bond motifs is 3. The molecule has 2 aromatic carbocycles. The highest BCUT2D eigenvalue weighted by molar-refractivity contribution is 9.10. The SMILES string of the molecule is O=c1cnn2c(c1O)-c1nccn1C[C@@H]2[C@@H](c1ccc(F)cc1)c1cccc(Br)c1. The average Bonchev–Trinajstić information content (AvgIpc) is 3.20. The van der Waals surface area contributed by atoms with E-state index in [4.69, 9.17) is 0 Å². The van der Waals surface area contributed by atoms with Crippen LogP contribution in [-0.2, 0) is 6.54 Å². The van der Waals surface area contributed by atoms with Gasteiger partial charge in [-0.1, -0.05) is 40.2 Å². The molecule has 1 aliphatic rings. The van der Waals surface area contributed by atoms with Gasteiger partial charge >= 0.3 is 0 Å². The summed E-state index contributed by atoms with van der Waals surface area (Å²) in [7, 11) is 0. The number of benzene rings is 2. The van der Waals surface area contributed by atoms with E-state index in [1.807, 2.05) is 35.0 Å². The number of hydrogen-bond acceptors (Lipinski definition) is 4. The lowest BCUT2D eigenvalue weighted by molar-refractivity contribution is 0.331. The molecule has 0 saturated carbocycles. The number of rotatable bonds is 3. The Morgan fingerprint density at radius 3 is 2.73 bits per heavy atom. The monoisotopic (exact) mass is 466 g/mol. The van der Waals surface area contributed by atoms with Gasteiger partial charge in [-0.2, -0.15) is 5.10 Å². The zero-order valence-corrected chi connectivity index (χ0v) is 17.2. The maximum Gasteiger partial charge on any atom is 0.242 e. The van der Waals surface area contributed by atoms with Crippen LogP contribution in [0, 0.1) is 5.82 Å². The van der Waals surface area contributed by atoms with Crippen molar-refractivity contribution in [2.45, 2.75) is 18.5 Å². The lowest BCUT2D eigenvalue weighted by atomic mass is 9.84. The van der Waals surface area contributed by atoms with Crippen LogP contribution in [0.1, 0.15) is 23.1 Å². The summed E-state index contributed by atoms with van der Waals surface area (Å²) in [6.45, 7) is 0.520. The molecule has 0 bridgehead atoms. The van der Waals surface area contributed by atoms with Gasteiger partial charge in [0.05, 0.1) is 12.2 Å². The Bertz CT molecular complexity index is 1300. The molecule has 3 heterocycles. The van der Waals surface area contributed by atoms with Crippen molar-refractivity contribution < 1.29 is 9.50 Å². The summed E-state index contributed by atoms with van der Waals surface area (Å²) in [6.07, 6.45) is 4.56. The smallest absolute Gasteiger partial charge is 0.242 e. The zero-order valence-electron chi connectivity index (χ0n) is 15.6. The first-order valence-electron chi connectivity index (χ1n) is 9.36. The lowest BCUT2D eigenvalue weighted by Crippen LogP contribution is -2.32. The first-order chi connectivity index (χ1) is 14.5. The van der Waals surface area contributed by atoms with Gasteiger partial charge < -0.3 is 9.67 Å². The van der Waals surface area contributed by atoms with Gasteiger partial charge in [-0.25, -0.2) is 9.37 Å². The van der Waals surface area contributed by atoms with E-state index >= 15 is 0 Å². The molecule has 0 saturated heterocycles. The predicted molar refractivity (Wildman–Crippen MR) is 113 cm³/mol. The molecule has 1 N–H and O–H groups in total. The van der Waals surface area contributed by atoms with Gasteiger partial charge in [-0.15, -0.1) is 0 Å². The Hall–Kier alpha value is -3.26. The number of hydrogen-bond donors (Lipinski definition) is 1. The fraction of sp³-hybridized carbons (Fsp3) is 0.136. The quantitative estimate of drug-likeness (QED) is 0.493. The second-order valence-corrected chi connectivity index (χ2v) is 8.12. The van der Waals surface area contributed by atoms with Gasteiger partial charge in [0, 0.05) is 29.3 Å². The minimum absolute atomic E-state index is 0.216. The first kappa shape index (κ1) is 18.7. The summed E-state index contributed by atoms with van der Waals surface area (Å²) < 4.78 is 18.1. The van der Waals surface area contributed by atoms with Gasteiger partial charge in [-0.3, -0.25) is 9.48 Å². The Labute approximate surface area is 179 Å². The molecule has 2 atom stereocenters. The summed E-state index contributed by atoms with van der Waals surface area (Å²) in [6, 6.07) is 14.0. The Balaban J connectivity index is 1.76. The number of aromatic hydroxyl groups is 1. The minimum Gasteiger partial charge on any atom is -0.503 e. The van der Waals surface area contributed by atoms with E-state index in [1.54, 1.807) is 23.0 Å². The van der Waals surface area contributed by atoms with Crippen molar-refractivity contribution >= 4 is 15.9 Å². The minimum atomic E-state index is -0.558. The van der Waals surface area contributed by atoms with E-state index in [2.05, 4.69) is 26.0 Å². The van der Waals surface area contributed by atoms with Crippen molar-refractivity contribution in [2.75, 3.05) is 0 Å². The van der Waals surface area contributed by atoms with Crippen LogP contribution in [0.15, 0.2) is 76.4 Å². The van der Waals surface area contributed by atoms with E-state index in [9.17, 15) is 14.3 Å². The van der Waals surface area contributed by atoms with Gasteiger partial charge in [0.1, 0.15) is 11.5 Å². The molecule has 5 rings (SSSR count). The molecule has 0 aliphatic carbocycles. The number of nitrogens with zero attached hydrogens (tertiary/aromatic N) is 4. The molecule has 30 heavy (non-hydrogen) atoms. The van der Waals surface area contributed by atoms with Gasteiger partial charge in [0.2, 0.25) is 5.43 Å². The van der Waals surface area contributed by atoms with Crippen LogP contribution in [0.25, 0.3) is 11.5 Å². The fourth-order valence-corrected chi connectivity index (χ4v) is 4.54. The van der Waals surface area contributed by atoms with Crippen LogP contribution in [0.3, 0.4) is 0 Å². The standard InChI is InChI=1S/C22H16BrFN4O2/c23-15-3-1-2-14(10-15)19(13-4-6-16(24)7-5-13)17-12-27-9-8-25-22(27)20-21(30)18(29)11-26-28(17)20/h1-11,17,19,30H,12H2/t17-,19+/m1/s1. The van der Waals surface area contributed by atoms with Crippen LogP contribution >= 0.6 is 15.9 Å². The molecule has 0 amide bonds. The Morgan fingerprint density at radius 2 is 1.97 bits per heavy atom. The third kappa shape index (κ3) is 3.04. The normalized spacial score (nSPS) is 16.0. The summed E-state index contributed by atoms with van der Waals surface area (Å²) in [5, 5.41) is 14.9. The number of halogens is 2. The van der Waals surface area contributed by atoms with Gasteiger partial charge in [0.25, 0.3) is 0 Å². The summed E-state index contributed by atoms with van der Waals surface area (Å²) in [4.78, 5) is 16.4. The molecule has 6 nitrogen and oxygen atoms in total. The van der Waals surface area contributed by atoms with Crippen molar-refractivity contribution in [3.63, 3.8) is 0 Å². The van der Waals surface area contributed by atoms with Gasteiger partial charge in [-0.05, 0) is 35.4 Å². The molecule has 0 fully saturated rings. The molecule has 4 aromatic rings. The molecule has 8 heteroatoms. The number of aromatic nitrogens is 4. The molecule has 0 radical (unpaired) electrons. The number of imidazole rings is 1. The summed E-state index contributed by atoms with van der Waals surface area (Å²) >= 11 is 3.53. The van der Waals surface area contributed by atoms with E-state index < -0.39 is 5.43 Å². The van der Waals surface area contributed by atoms with E-state index in [1.165, 1.54) is 12.1 Å². The topological polar surface area (TPSA) is 72.9 Å². The first-order valence-corrected chi connectivity index (χ1v) is 10.2. The Kier molecular flexibility index (Phi) is 4.51. The molecule has 150 valence electrons. The largest absolute Gasteiger partial charge is 0.503 e. The van der Waals surface area contributed by atoms with Crippen molar-refractivity contribution in [2.24, 2.45) is 0 Å². The maximum atomic E-state index is 13.6. The highest BCUT2D eigenvalue weighted by Crippen LogP contribution is 2.42. The third-order valence-electron chi connectivity index (χ3n) is 5.43. The van der Waals surface area contributed by atoms with E-state index in [0.717, 1.165) is 21.8 Å². The highest BCUT2D eigenvalue weighted by atomic mass is 79.9. The van der Waals surface area contributed by atoms with Crippen molar-refractivity contribution in [1.29, 1.82) is 0 Å². The molecular formula is C22H16BrFN4O2. The fourth-order valence-electron chi connectivity index (χ4n) is 4.12. The van der Waals surface area contributed by atoms with Crippen LogP contribution in [0.2, 0.25) is 0 Å². The molecule has 1 aliphatic heterocycles. The van der Waals surface area contributed by atoms with E-state index in [0.29, 0.717) is 12.4 Å². The zero-order chi connectivity index (χ0) is 20.8. The molecule has 2 aromatic heterocycles. The molecule has 0 unspecified atom stereocenters. The molecular weight excluding hydrogens is 451 g/mol. The third-order valence-corrected chi connectivity index (χ3v) is 5.93. The van der Waals surface area contributed by atoms with Crippen LogP contribution in [0.5, 0.6) is 5.75 Å². The maximum absolute atomic E-state index is 13.6. The van der Waals surface area contributed by atoms with Crippen molar-refractivity contribution in [3.8, 4) is 17.3 Å². The van der Waals surface area contributed by atoms with Crippen LogP contribution in [0.4, 0.5) is 4.39 Å². The second kappa shape index (κ2) is 7.21. The average molecular weight is 467 g/mol. The summed E-state index contributed by atoms with van der Waals surface area (Å²) in [5.41, 5.74) is 1.62. The lowest BCUT2D eigenvalue weighted by Gasteiger charge is -2.34. The summed E-state index contributed by atoms with van der Waals surface area (Å²) in [5.74, 6) is -0.422. The van der Waals surface area contributed by atoms with Gasteiger partial charge in [0.15, 0.2) is 11.6 Å². The van der Waals surface area contributed by atoms with Crippen LogP contribution < -0.4 is 5.43 Å². The second-order valence-electron chi connectivity index (χ2n) is 7.21. The van der Waals surface area contributed by atoms with E-state index in [-0.39, 0.29) is 29.2 Å². The van der Waals surface area contributed by atoms with Crippen molar-refractivity contribution in [3.05, 3.63) is 98.8 Å².